The van der Waals surface area contributed by atoms with Crippen LogP contribution in [-0.2, 0) is 4.79 Å². The molecule has 1 aromatic rings. The van der Waals surface area contributed by atoms with Crippen molar-refractivity contribution in [2.45, 2.75) is 31.7 Å². The van der Waals surface area contributed by atoms with Crippen molar-refractivity contribution in [1.29, 1.82) is 0 Å². The van der Waals surface area contributed by atoms with E-state index in [0.29, 0.717) is 12.1 Å². The molecule has 2 atom stereocenters. The normalized spacial score (nSPS) is 14.4. The number of nitrogens with zero attached hydrogens (tertiary/aromatic N) is 1. The number of aliphatic carboxylic acids is 1. The third-order valence-corrected chi connectivity index (χ3v) is 3.64. The molecule has 1 aromatic heterocycles. The van der Waals surface area contributed by atoms with Gasteiger partial charge in [-0.15, -0.1) is 0 Å². The number of hydrogen-bond donors (Lipinski definition) is 2. The summed E-state index contributed by atoms with van der Waals surface area (Å²) in [5.74, 6) is -1.14. The lowest BCUT2D eigenvalue weighted by Gasteiger charge is -2.21. The summed E-state index contributed by atoms with van der Waals surface area (Å²) in [4.78, 5) is 15.1. The summed E-state index contributed by atoms with van der Waals surface area (Å²) in [5.41, 5.74) is 6.67. The first-order valence-electron chi connectivity index (χ1n) is 5.24. The van der Waals surface area contributed by atoms with Crippen LogP contribution in [0.5, 0.6) is 0 Å². The van der Waals surface area contributed by atoms with Crippen LogP contribution in [0.15, 0.2) is 21.2 Å². The Morgan fingerprint density at radius 2 is 2.24 bits per heavy atom. The van der Waals surface area contributed by atoms with E-state index < -0.39 is 5.97 Å². The monoisotopic (exact) mass is 364 g/mol. The minimum atomic E-state index is -0.865. The van der Waals surface area contributed by atoms with Crippen molar-refractivity contribution in [3.8, 4) is 0 Å². The summed E-state index contributed by atoms with van der Waals surface area (Å²) < 4.78 is 1.62. The van der Waals surface area contributed by atoms with E-state index in [1.807, 2.05) is 13.0 Å². The highest BCUT2D eigenvalue weighted by Gasteiger charge is 2.25. The molecule has 0 bridgehead atoms. The summed E-state index contributed by atoms with van der Waals surface area (Å²) in [6.07, 6.45) is 2.35. The van der Waals surface area contributed by atoms with Gasteiger partial charge < -0.3 is 10.8 Å². The Balaban J connectivity index is 3.07. The summed E-state index contributed by atoms with van der Waals surface area (Å²) in [6.45, 7) is 1.94. The molecule has 1 rings (SSSR count). The van der Waals surface area contributed by atoms with Crippen LogP contribution < -0.4 is 5.73 Å². The number of aromatic nitrogens is 1. The van der Waals surface area contributed by atoms with E-state index in [4.69, 9.17) is 10.8 Å². The highest BCUT2D eigenvalue weighted by molar-refractivity contribution is 9.11. The van der Waals surface area contributed by atoms with Gasteiger partial charge in [0.2, 0.25) is 0 Å². The second-order valence-corrected chi connectivity index (χ2v) is 5.57. The van der Waals surface area contributed by atoms with Gasteiger partial charge in [-0.25, -0.2) is 0 Å². The topological polar surface area (TPSA) is 76.2 Å². The molecule has 0 radical (unpaired) electrons. The van der Waals surface area contributed by atoms with Crippen molar-refractivity contribution in [2.24, 2.45) is 5.73 Å². The molecule has 0 aromatic carbocycles. The number of carbonyl (C=O) groups is 1. The summed E-state index contributed by atoms with van der Waals surface area (Å²) in [5, 5.41) is 8.93. The zero-order chi connectivity index (χ0) is 13.0. The molecule has 0 aliphatic heterocycles. The Hall–Kier alpha value is -0.460. The third-order valence-electron chi connectivity index (χ3n) is 2.57. The smallest absolute Gasteiger partial charge is 0.304 e. The average molecular weight is 366 g/mol. The van der Waals surface area contributed by atoms with Gasteiger partial charge in [0.1, 0.15) is 0 Å². The number of carboxylic acid groups (broad SMARTS) is 1. The number of carboxylic acids is 1. The number of halogens is 2. The highest BCUT2D eigenvalue weighted by Crippen LogP contribution is 2.30. The van der Waals surface area contributed by atoms with Gasteiger partial charge in [-0.3, -0.25) is 9.78 Å². The van der Waals surface area contributed by atoms with Gasteiger partial charge in [-0.1, -0.05) is 6.92 Å². The molecule has 0 spiro atoms. The van der Waals surface area contributed by atoms with E-state index in [-0.39, 0.29) is 18.4 Å². The second-order valence-electron chi connectivity index (χ2n) is 3.80. The zero-order valence-corrected chi connectivity index (χ0v) is 12.5. The van der Waals surface area contributed by atoms with E-state index in [0.717, 1.165) is 8.95 Å². The molecule has 3 N–H and O–H groups in total. The molecule has 0 amide bonds. The molecule has 0 aliphatic carbocycles. The Kier molecular flexibility index (Phi) is 5.55. The van der Waals surface area contributed by atoms with Crippen LogP contribution in [0.2, 0.25) is 0 Å². The SMILES string of the molecule is CCC(N)C(CC(=O)O)c1ncc(Br)cc1Br. The average Bonchev–Trinajstić information content (AvgIpc) is 2.25. The summed E-state index contributed by atoms with van der Waals surface area (Å²) >= 11 is 6.70. The number of pyridine rings is 1. The Bertz CT molecular complexity index is 412. The van der Waals surface area contributed by atoms with E-state index in [9.17, 15) is 4.79 Å². The minimum absolute atomic E-state index is 0.0117. The second kappa shape index (κ2) is 6.47. The number of hydrogen-bond acceptors (Lipinski definition) is 3. The molecule has 2 unspecified atom stereocenters. The molecular formula is C11H14Br2N2O2. The first-order chi connectivity index (χ1) is 7.95. The molecule has 1 heterocycles. The van der Waals surface area contributed by atoms with Gasteiger partial charge in [0.05, 0.1) is 12.1 Å². The molecule has 6 heteroatoms. The fourth-order valence-electron chi connectivity index (χ4n) is 1.62. The van der Waals surface area contributed by atoms with Crippen LogP contribution in [0.4, 0.5) is 0 Å². The van der Waals surface area contributed by atoms with Crippen LogP contribution in [0, 0.1) is 0 Å². The van der Waals surface area contributed by atoms with Gasteiger partial charge in [0.25, 0.3) is 0 Å². The van der Waals surface area contributed by atoms with Gasteiger partial charge in [0.15, 0.2) is 0 Å². The van der Waals surface area contributed by atoms with Crippen molar-refractivity contribution in [2.75, 3.05) is 0 Å². The quantitative estimate of drug-likeness (QED) is 0.841. The maximum Gasteiger partial charge on any atom is 0.304 e. The van der Waals surface area contributed by atoms with Crippen LogP contribution in [0.25, 0.3) is 0 Å². The molecule has 4 nitrogen and oxygen atoms in total. The van der Waals surface area contributed by atoms with E-state index in [1.165, 1.54) is 0 Å². The van der Waals surface area contributed by atoms with Crippen LogP contribution in [-0.4, -0.2) is 22.1 Å². The zero-order valence-electron chi connectivity index (χ0n) is 9.36. The van der Waals surface area contributed by atoms with Gasteiger partial charge in [-0.05, 0) is 44.3 Å². The lowest BCUT2D eigenvalue weighted by Crippen LogP contribution is -2.30. The summed E-state index contributed by atoms with van der Waals surface area (Å²) in [7, 11) is 0. The molecule has 17 heavy (non-hydrogen) atoms. The molecule has 0 aliphatic rings. The lowest BCUT2D eigenvalue weighted by molar-refractivity contribution is -0.137. The third kappa shape index (κ3) is 4.04. The Morgan fingerprint density at radius 3 is 2.71 bits per heavy atom. The maximum absolute atomic E-state index is 10.9. The standard InChI is InChI=1S/C11H14Br2N2O2/c1-2-9(14)7(4-10(16)17)11-8(13)3-6(12)5-15-11/h3,5,7,9H,2,4,14H2,1H3,(H,16,17). The predicted octanol–water partition coefficient (Wildman–Crippen LogP) is 2.90. The van der Waals surface area contributed by atoms with Crippen molar-refractivity contribution in [1.82, 2.24) is 4.98 Å². The lowest BCUT2D eigenvalue weighted by atomic mass is 9.91. The van der Waals surface area contributed by atoms with Crippen molar-refractivity contribution < 1.29 is 9.90 Å². The minimum Gasteiger partial charge on any atom is -0.481 e. The van der Waals surface area contributed by atoms with Crippen molar-refractivity contribution >= 4 is 37.8 Å². The molecule has 0 saturated heterocycles. The fraction of sp³-hybridized carbons (Fsp3) is 0.455. The Morgan fingerprint density at radius 1 is 1.59 bits per heavy atom. The largest absolute Gasteiger partial charge is 0.481 e. The summed E-state index contributed by atoms with van der Waals surface area (Å²) in [6, 6.07) is 1.63. The van der Waals surface area contributed by atoms with Crippen LogP contribution >= 0.6 is 31.9 Å². The molecule has 0 saturated carbocycles. The van der Waals surface area contributed by atoms with E-state index in [2.05, 4.69) is 36.8 Å². The first kappa shape index (κ1) is 14.6. The van der Waals surface area contributed by atoms with Crippen LogP contribution in [0.3, 0.4) is 0 Å². The molecule has 0 fully saturated rings. The van der Waals surface area contributed by atoms with Gasteiger partial charge in [-0.2, -0.15) is 0 Å². The number of rotatable bonds is 5. The van der Waals surface area contributed by atoms with Crippen LogP contribution in [0.1, 0.15) is 31.4 Å². The van der Waals surface area contributed by atoms with Crippen molar-refractivity contribution in [3.05, 3.63) is 26.9 Å². The number of nitrogens with two attached hydrogens (primary N) is 1. The van der Waals surface area contributed by atoms with Crippen molar-refractivity contribution in [3.63, 3.8) is 0 Å². The Labute approximate surface area is 117 Å². The van der Waals surface area contributed by atoms with E-state index in [1.54, 1.807) is 6.20 Å². The molecular weight excluding hydrogens is 352 g/mol. The van der Waals surface area contributed by atoms with Gasteiger partial charge >= 0.3 is 5.97 Å². The van der Waals surface area contributed by atoms with Gasteiger partial charge in [0, 0.05) is 27.1 Å². The maximum atomic E-state index is 10.9. The first-order valence-corrected chi connectivity index (χ1v) is 6.82. The highest BCUT2D eigenvalue weighted by atomic mass is 79.9. The van der Waals surface area contributed by atoms with E-state index >= 15 is 0 Å². The fourth-order valence-corrected chi connectivity index (χ4v) is 2.90. The molecule has 94 valence electrons. The predicted molar refractivity (Wildman–Crippen MR) is 72.9 cm³/mol.